The Balaban J connectivity index is 2.36. The van der Waals surface area contributed by atoms with Crippen molar-refractivity contribution in [1.29, 1.82) is 0 Å². The van der Waals surface area contributed by atoms with E-state index in [2.05, 4.69) is 15.8 Å². The highest BCUT2D eigenvalue weighted by molar-refractivity contribution is 7.14. The van der Waals surface area contributed by atoms with Gasteiger partial charge < -0.3 is 5.73 Å². The maximum atomic E-state index is 5.89. The van der Waals surface area contributed by atoms with Gasteiger partial charge in [-0.05, 0) is 6.07 Å². The van der Waals surface area contributed by atoms with E-state index >= 15 is 0 Å². The Kier molecular flexibility index (Phi) is 1.92. The highest BCUT2D eigenvalue weighted by Crippen LogP contribution is 2.27. The second kappa shape index (κ2) is 2.85. The number of hydrazine groups is 1. The van der Waals surface area contributed by atoms with Crippen molar-refractivity contribution in [2.24, 2.45) is 16.5 Å². The molecule has 0 radical (unpaired) electrons. The number of hydrogen-bond acceptors (Lipinski definition) is 6. The Bertz CT molecular complexity index is 362. The van der Waals surface area contributed by atoms with Gasteiger partial charge in [-0.25, -0.2) is 4.99 Å². The molecular weight excluding hydrogens is 210 g/mol. The van der Waals surface area contributed by atoms with Gasteiger partial charge in [0.25, 0.3) is 0 Å². The molecule has 5 nitrogen and oxygen atoms in total. The second-order valence-corrected chi connectivity index (χ2v) is 4.20. The molecule has 0 saturated heterocycles. The van der Waals surface area contributed by atoms with Crippen molar-refractivity contribution in [3.05, 3.63) is 21.3 Å². The lowest BCUT2D eigenvalue weighted by molar-refractivity contribution is 0.376. The number of nitrogens with one attached hydrogen (secondary N) is 2. The zero-order valence-corrected chi connectivity index (χ0v) is 8.12. The van der Waals surface area contributed by atoms with Crippen LogP contribution in [0.1, 0.15) is 5.56 Å². The molecule has 0 spiro atoms. The number of rotatable bonds is 1. The maximum absolute atomic E-state index is 5.89. The number of guanidine groups is 1. The first-order chi connectivity index (χ1) is 6.10. The number of thiophene rings is 1. The smallest absolute Gasteiger partial charge is 0.209 e. The third-order valence-corrected chi connectivity index (χ3v) is 2.78. The lowest BCUT2D eigenvalue weighted by atomic mass is 10.2. The van der Waals surface area contributed by atoms with Crippen LogP contribution < -0.4 is 22.3 Å². The van der Waals surface area contributed by atoms with E-state index in [0.29, 0.717) is 4.34 Å². The van der Waals surface area contributed by atoms with Crippen LogP contribution in [0.3, 0.4) is 0 Å². The van der Waals surface area contributed by atoms with Crippen molar-refractivity contribution < 1.29 is 0 Å². The molecule has 6 N–H and O–H groups in total. The Morgan fingerprint density at radius 1 is 1.62 bits per heavy atom. The van der Waals surface area contributed by atoms with Gasteiger partial charge in [0.05, 0.1) is 4.34 Å². The normalized spacial score (nSPS) is 27.1. The Morgan fingerprint density at radius 3 is 2.85 bits per heavy atom. The molecule has 0 amide bonds. The predicted octanol–water partition coefficient (Wildman–Crippen LogP) is -0.107. The van der Waals surface area contributed by atoms with Gasteiger partial charge in [-0.15, -0.1) is 11.3 Å². The summed E-state index contributed by atoms with van der Waals surface area (Å²) in [6, 6.07) is 1.75. The minimum absolute atomic E-state index is 0.268. The van der Waals surface area contributed by atoms with Gasteiger partial charge in [0.1, 0.15) is 0 Å². The third kappa shape index (κ3) is 1.49. The molecular formula is C6H8ClN5S. The van der Waals surface area contributed by atoms with E-state index in [-0.39, 0.29) is 5.96 Å². The standard InChI is InChI=1S/C6H8ClN5S/c7-4-1-3(2-13-4)6(9)10-5(8)11-12-6/h1-2,12H,9H2,(H3,8,10,11). The van der Waals surface area contributed by atoms with Crippen LogP contribution in [-0.4, -0.2) is 5.96 Å². The summed E-state index contributed by atoms with van der Waals surface area (Å²) in [6.45, 7) is 0. The summed E-state index contributed by atoms with van der Waals surface area (Å²) in [7, 11) is 0. The molecule has 0 saturated carbocycles. The van der Waals surface area contributed by atoms with Crippen LogP contribution in [0.2, 0.25) is 4.34 Å². The molecule has 1 aromatic heterocycles. The van der Waals surface area contributed by atoms with Crippen LogP contribution in [0.5, 0.6) is 0 Å². The van der Waals surface area contributed by atoms with Crippen LogP contribution in [0.4, 0.5) is 0 Å². The molecule has 2 rings (SSSR count). The van der Waals surface area contributed by atoms with Gasteiger partial charge >= 0.3 is 0 Å². The fraction of sp³-hybridized carbons (Fsp3) is 0.167. The van der Waals surface area contributed by atoms with E-state index < -0.39 is 5.79 Å². The SMILES string of the molecule is NC1=NC(N)(c2csc(Cl)c2)NN1. The first-order valence-corrected chi connectivity index (χ1v) is 4.78. The van der Waals surface area contributed by atoms with Gasteiger partial charge in [-0.2, -0.15) is 5.43 Å². The number of nitrogens with two attached hydrogens (primary N) is 2. The summed E-state index contributed by atoms with van der Waals surface area (Å²) < 4.78 is 0.669. The molecule has 1 aliphatic rings. The monoisotopic (exact) mass is 217 g/mol. The molecule has 1 aromatic rings. The summed E-state index contributed by atoms with van der Waals surface area (Å²) >= 11 is 7.17. The summed E-state index contributed by atoms with van der Waals surface area (Å²) in [5.74, 6) is -0.724. The highest BCUT2D eigenvalue weighted by Gasteiger charge is 2.32. The number of nitrogens with zero attached hydrogens (tertiary/aromatic N) is 1. The summed E-state index contributed by atoms with van der Waals surface area (Å²) in [5, 5.41) is 1.83. The van der Waals surface area contributed by atoms with Gasteiger partial charge in [0.2, 0.25) is 11.7 Å². The van der Waals surface area contributed by atoms with E-state index in [1.165, 1.54) is 11.3 Å². The van der Waals surface area contributed by atoms with Crippen molar-refractivity contribution in [3.63, 3.8) is 0 Å². The lowest BCUT2D eigenvalue weighted by Gasteiger charge is -2.18. The van der Waals surface area contributed by atoms with Crippen molar-refractivity contribution in [3.8, 4) is 0 Å². The molecule has 13 heavy (non-hydrogen) atoms. The van der Waals surface area contributed by atoms with Crippen LogP contribution in [0.25, 0.3) is 0 Å². The van der Waals surface area contributed by atoms with Crippen LogP contribution in [0, 0.1) is 0 Å². The Labute approximate surface area is 83.7 Å². The average Bonchev–Trinajstić information content (AvgIpc) is 2.60. The topological polar surface area (TPSA) is 88.5 Å². The van der Waals surface area contributed by atoms with Crippen molar-refractivity contribution in [2.75, 3.05) is 0 Å². The lowest BCUT2D eigenvalue weighted by Crippen LogP contribution is -2.50. The molecule has 70 valence electrons. The molecule has 0 aromatic carbocycles. The number of aliphatic imine (C=N–C) groups is 1. The van der Waals surface area contributed by atoms with E-state index in [9.17, 15) is 0 Å². The fourth-order valence-electron chi connectivity index (χ4n) is 1.05. The summed E-state index contributed by atoms with van der Waals surface area (Å²) in [6.07, 6.45) is 0. The molecule has 1 aliphatic heterocycles. The first-order valence-electron chi connectivity index (χ1n) is 3.52. The molecule has 0 aliphatic carbocycles. The van der Waals surface area contributed by atoms with Gasteiger partial charge in [0, 0.05) is 10.9 Å². The van der Waals surface area contributed by atoms with Gasteiger partial charge in [0.15, 0.2) is 0 Å². The average molecular weight is 218 g/mol. The van der Waals surface area contributed by atoms with E-state index in [0.717, 1.165) is 5.56 Å². The van der Waals surface area contributed by atoms with Crippen molar-refractivity contribution >= 4 is 28.9 Å². The van der Waals surface area contributed by atoms with Crippen LogP contribution in [-0.2, 0) is 5.79 Å². The molecule has 1 unspecified atom stereocenters. The molecule has 7 heteroatoms. The Hall–Kier alpha value is -0.820. The van der Waals surface area contributed by atoms with Crippen molar-refractivity contribution in [1.82, 2.24) is 10.9 Å². The number of hydrogen-bond donors (Lipinski definition) is 4. The molecule has 2 heterocycles. The summed E-state index contributed by atoms with van der Waals surface area (Å²) in [5.41, 5.74) is 17.5. The maximum Gasteiger partial charge on any atom is 0.209 e. The van der Waals surface area contributed by atoms with E-state index in [1.54, 1.807) is 6.07 Å². The van der Waals surface area contributed by atoms with E-state index in [1.807, 2.05) is 5.38 Å². The first kappa shape index (κ1) is 8.76. The number of halogens is 1. The molecule has 0 fully saturated rings. The molecule has 1 atom stereocenters. The molecule has 0 bridgehead atoms. The third-order valence-electron chi connectivity index (χ3n) is 1.69. The minimum Gasteiger partial charge on any atom is -0.369 e. The second-order valence-electron chi connectivity index (χ2n) is 2.65. The minimum atomic E-state index is -0.992. The predicted molar refractivity (Wildman–Crippen MR) is 53.1 cm³/mol. The van der Waals surface area contributed by atoms with E-state index in [4.69, 9.17) is 23.1 Å². The zero-order valence-electron chi connectivity index (χ0n) is 6.54. The van der Waals surface area contributed by atoms with Crippen LogP contribution >= 0.6 is 22.9 Å². The van der Waals surface area contributed by atoms with Gasteiger partial charge in [-0.3, -0.25) is 11.2 Å². The van der Waals surface area contributed by atoms with Crippen molar-refractivity contribution in [2.45, 2.75) is 5.79 Å². The fourth-order valence-corrected chi connectivity index (χ4v) is 1.99. The largest absolute Gasteiger partial charge is 0.369 e. The summed E-state index contributed by atoms with van der Waals surface area (Å²) in [4.78, 5) is 4.00. The van der Waals surface area contributed by atoms with Crippen LogP contribution in [0.15, 0.2) is 16.4 Å². The zero-order chi connectivity index (χ0) is 9.47. The Morgan fingerprint density at radius 2 is 2.38 bits per heavy atom. The highest BCUT2D eigenvalue weighted by atomic mass is 35.5. The quantitative estimate of drug-likeness (QED) is 0.529. The van der Waals surface area contributed by atoms with Gasteiger partial charge in [-0.1, -0.05) is 11.6 Å².